The molecule has 1 fully saturated rings. The summed E-state index contributed by atoms with van der Waals surface area (Å²) >= 11 is 4.30. The summed E-state index contributed by atoms with van der Waals surface area (Å²) in [6, 6.07) is 4.97. The van der Waals surface area contributed by atoms with Gasteiger partial charge in [-0.1, -0.05) is 25.0 Å². The van der Waals surface area contributed by atoms with Crippen LogP contribution in [0, 0.1) is 18.3 Å². The first-order chi connectivity index (χ1) is 15.4. The Morgan fingerprint density at radius 2 is 1.79 bits per heavy atom. The van der Waals surface area contributed by atoms with Crippen LogP contribution in [0.15, 0.2) is 24.3 Å². The lowest BCUT2D eigenvalue weighted by Gasteiger charge is -2.35. The highest BCUT2D eigenvalue weighted by atomic mass is 32.1. The Balaban J connectivity index is 2.43. The van der Waals surface area contributed by atoms with E-state index in [0.29, 0.717) is 11.1 Å². The lowest BCUT2D eigenvalue weighted by Crippen LogP contribution is -2.55. The molecule has 1 aromatic carbocycles. The molecule has 2 N–H and O–H groups in total. The molecule has 33 heavy (non-hydrogen) atoms. The third-order valence-electron chi connectivity index (χ3n) is 5.20. The maximum Gasteiger partial charge on any atom is 0.408 e. The molecular weight excluding hydrogens is 438 g/mol. The Bertz CT molecular complexity index is 902. The highest BCUT2D eigenvalue weighted by Crippen LogP contribution is 2.40. The van der Waals surface area contributed by atoms with E-state index < -0.39 is 23.8 Å². The van der Waals surface area contributed by atoms with E-state index in [9.17, 15) is 14.4 Å². The number of nitrogens with zero attached hydrogens (tertiary/aromatic N) is 1. The Morgan fingerprint density at radius 3 is 2.21 bits per heavy atom. The Morgan fingerprint density at radius 1 is 1.21 bits per heavy atom. The highest BCUT2D eigenvalue weighted by molar-refractivity contribution is 7.80. The molecule has 0 spiro atoms. The van der Waals surface area contributed by atoms with Crippen molar-refractivity contribution in [3.63, 3.8) is 0 Å². The molecule has 0 saturated heterocycles. The van der Waals surface area contributed by atoms with Crippen molar-refractivity contribution in [3.05, 3.63) is 35.4 Å². The van der Waals surface area contributed by atoms with E-state index >= 15 is 0 Å². The van der Waals surface area contributed by atoms with Gasteiger partial charge in [0, 0.05) is 23.4 Å². The molecule has 0 aromatic heterocycles. The second-order valence-corrected chi connectivity index (χ2v) is 10.1. The summed E-state index contributed by atoms with van der Waals surface area (Å²) in [6.07, 6.45) is 5.54. The molecule has 3 amide bonds. The minimum absolute atomic E-state index is 0.0598. The van der Waals surface area contributed by atoms with Crippen molar-refractivity contribution in [3.8, 4) is 12.3 Å². The van der Waals surface area contributed by atoms with Gasteiger partial charge in [-0.15, -0.1) is 6.42 Å². The predicted octanol–water partition coefficient (Wildman–Crippen LogP) is 3.29. The molecule has 0 bridgehead atoms. The standard InChI is InChI=1S/C25H35N3O4S/c1-8-17-9-11-18(12-10-17)21(22(29)26-15(2)3)28(20-13-16(20)4)23(30)19(14-33)27-24(31)32-25(5,6)7/h1,9-12,15-16,19-21,33H,13-14H2,2-7H3,(H,26,29)(H,27,31). The third-order valence-corrected chi connectivity index (χ3v) is 5.57. The summed E-state index contributed by atoms with van der Waals surface area (Å²) in [5.41, 5.74) is 0.617. The fourth-order valence-corrected chi connectivity index (χ4v) is 3.80. The number of hydrogen-bond donors (Lipinski definition) is 3. The van der Waals surface area contributed by atoms with Crippen LogP contribution in [0.25, 0.3) is 0 Å². The first-order valence-electron chi connectivity index (χ1n) is 11.2. The zero-order chi connectivity index (χ0) is 24.9. The van der Waals surface area contributed by atoms with Crippen LogP contribution >= 0.6 is 12.6 Å². The van der Waals surface area contributed by atoms with Crippen molar-refractivity contribution in [2.75, 3.05) is 5.75 Å². The number of thiol groups is 1. The number of nitrogens with one attached hydrogen (secondary N) is 2. The smallest absolute Gasteiger partial charge is 0.408 e. The molecule has 1 aliphatic rings. The van der Waals surface area contributed by atoms with Crippen molar-refractivity contribution in [1.82, 2.24) is 15.5 Å². The number of carbonyl (C=O) groups is 3. The zero-order valence-corrected chi connectivity index (χ0v) is 21.1. The van der Waals surface area contributed by atoms with Crippen molar-refractivity contribution < 1.29 is 19.1 Å². The van der Waals surface area contributed by atoms with E-state index in [2.05, 4.69) is 29.2 Å². The second-order valence-electron chi connectivity index (χ2n) is 9.74. The van der Waals surface area contributed by atoms with E-state index in [1.54, 1.807) is 49.9 Å². The summed E-state index contributed by atoms with van der Waals surface area (Å²) in [5, 5.41) is 5.55. The molecular formula is C25H35N3O4S. The Labute approximate surface area is 202 Å². The topological polar surface area (TPSA) is 87.7 Å². The van der Waals surface area contributed by atoms with Gasteiger partial charge in [0.1, 0.15) is 17.7 Å². The summed E-state index contributed by atoms with van der Waals surface area (Å²) < 4.78 is 5.32. The first-order valence-corrected chi connectivity index (χ1v) is 11.8. The van der Waals surface area contributed by atoms with Gasteiger partial charge in [0.15, 0.2) is 0 Å². The lowest BCUT2D eigenvalue weighted by molar-refractivity contribution is -0.143. The van der Waals surface area contributed by atoms with E-state index in [4.69, 9.17) is 11.2 Å². The molecule has 8 heteroatoms. The van der Waals surface area contributed by atoms with Gasteiger partial charge in [-0.25, -0.2) is 4.79 Å². The van der Waals surface area contributed by atoms with Gasteiger partial charge < -0.3 is 20.3 Å². The number of amides is 3. The Hall–Kier alpha value is -2.66. The van der Waals surface area contributed by atoms with Crippen molar-refractivity contribution in [1.29, 1.82) is 0 Å². The average Bonchev–Trinajstić information content (AvgIpc) is 3.43. The van der Waals surface area contributed by atoms with Gasteiger partial charge in [-0.3, -0.25) is 9.59 Å². The van der Waals surface area contributed by atoms with Gasteiger partial charge in [0.2, 0.25) is 11.8 Å². The summed E-state index contributed by atoms with van der Waals surface area (Å²) in [5.74, 6) is 2.19. The molecule has 180 valence electrons. The number of hydrogen-bond acceptors (Lipinski definition) is 5. The molecule has 1 aromatic rings. The Kier molecular flexibility index (Phi) is 8.84. The van der Waals surface area contributed by atoms with Crippen LogP contribution in [-0.4, -0.2) is 52.3 Å². The summed E-state index contributed by atoms with van der Waals surface area (Å²) in [7, 11) is 0. The number of terminal acetylenes is 1. The number of carbonyl (C=O) groups excluding carboxylic acids is 3. The zero-order valence-electron chi connectivity index (χ0n) is 20.2. The normalized spacial score (nSPS) is 19.1. The fourth-order valence-electron chi connectivity index (χ4n) is 3.55. The SMILES string of the molecule is C#Cc1ccc(C(C(=O)NC(C)C)N(C(=O)C(CS)NC(=O)OC(C)(C)C)C2CC2C)cc1. The number of rotatable bonds is 8. The van der Waals surface area contributed by atoms with Crippen molar-refractivity contribution in [2.24, 2.45) is 5.92 Å². The van der Waals surface area contributed by atoms with Crippen LogP contribution in [0.4, 0.5) is 4.79 Å². The van der Waals surface area contributed by atoms with Gasteiger partial charge in [-0.2, -0.15) is 12.6 Å². The molecule has 7 nitrogen and oxygen atoms in total. The summed E-state index contributed by atoms with van der Waals surface area (Å²) in [4.78, 5) is 41.0. The van der Waals surface area contributed by atoms with Gasteiger partial charge in [0.05, 0.1) is 0 Å². The minimum Gasteiger partial charge on any atom is -0.444 e. The van der Waals surface area contributed by atoms with Crippen LogP contribution in [0.2, 0.25) is 0 Å². The maximum atomic E-state index is 13.7. The van der Waals surface area contributed by atoms with Gasteiger partial charge in [0.25, 0.3) is 0 Å². The molecule has 2 rings (SSSR count). The maximum absolute atomic E-state index is 13.7. The van der Waals surface area contributed by atoms with E-state index in [1.165, 1.54) is 0 Å². The number of alkyl carbamates (subject to hydrolysis) is 1. The van der Waals surface area contributed by atoms with Crippen LogP contribution in [-0.2, 0) is 14.3 Å². The molecule has 0 heterocycles. The fraction of sp³-hybridized carbons (Fsp3) is 0.560. The van der Waals surface area contributed by atoms with E-state index in [-0.39, 0.29) is 35.6 Å². The van der Waals surface area contributed by atoms with Crippen LogP contribution in [0.5, 0.6) is 0 Å². The molecule has 4 atom stereocenters. The summed E-state index contributed by atoms with van der Waals surface area (Å²) in [6.45, 7) is 11.0. The molecule has 1 saturated carbocycles. The largest absolute Gasteiger partial charge is 0.444 e. The molecule has 0 aliphatic heterocycles. The first kappa shape index (κ1) is 26.6. The molecule has 1 aliphatic carbocycles. The van der Waals surface area contributed by atoms with Gasteiger partial charge >= 0.3 is 6.09 Å². The lowest BCUT2D eigenvalue weighted by atomic mass is 10.0. The number of benzene rings is 1. The quantitative estimate of drug-likeness (QED) is 0.399. The highest BCUT2D eigenvalue weighted by Gasteiger charge is 2.48. The van der Waals surface area contributed by atoms with Crippen LogP contribution < -0.4 is 10.6 Å². The predicted molar refractivity (Wildman–Crippen MR) is 132 cm³/mol. The number of ether oxygens (including phenoxy) is 1. The second kappa shape index (κ2) is 11.0. The van der Waals surface area contributed by atoms with Crippen LogP contribution in [0.3, 0.4) is 0 Å². The molecule has 0 radical (unpaired) electrons. The average molecular weight is 474 g/mol. The monoisotopic (exact) mass is 473 g/mol. The van der Waals surface area contributed by atoms with E-state index in [0.717, 1.165) is 6.42 Å². The van der Waals surface area contributed by atoms with Crippen molar-refractivity contribution in [2.45, 2.75) is 77.7 Å². The third kappa shape index (κ3) is 7.43. The van der Waals surface area contributed by atoms with Crippen molar-refractivity contribution >= 4 is 30.5 Å². The van der Waals surface area contributed by atoms with Gasteiger partial charge in [-0.05, 0) is 64.7 Å². The van der Waals surface area contributed by atoms with E-state index in [1.807, 2.05) is 20.8 Å². The van der Waals surface area contributed by atoms with Crippen LogP contribution in [0.1, 0.15) is 65.1 Å². The molecule has 4 unspecified atom stereocenters. The minimum atomic E-state index is -0.949.